The Balaban J connectivity index is 1.38. The number of aryl methyl sites for hydroxylation is 2. The van der Waals surface area contributed by atoms with Crippen LogP contribution in [0.15, 0.2) is 40.9 Å². The van der Waals surface area contributed by atoms with Crippen LogP contribution in [-0.2, 0) is 17.6 Å². The Kier molecular flexibility index (Phi) is 4.65. The van der Waals surface area contributed by atoms with Crippen molar-refractivity contribution >= 4 is 11.6 Å². The molecule has 5 rings (SSSR count). The first-order valence-corrected chi connectivity index (χ1v) is 10.1. The second kappa shape index (κ2) is 7.48. The molecule has 7 nitrogen and oxygen atoms in total. The molecule has 0 bridgehead atoms. The summed E-state index contributed by atoms with van der Waals surface area (Å²) >= 11 is 0. The summed E-state index contributed by atoms with van der Waals surface area (Å²) in [6.07, 6.45) is 3.78. The highest BCUT2D eigenvalue weighted by Crippen LogP contribution is 2.36. The van der Waals surface area contributed by atoms with Crippen molar-refractivity contribution in [2.24, 2.45) is 0 Å². The zero-order valence-corrected chi connectivity index (χ0v) is 17.1. The zero-order valence-electron chi connectivity index (χ0n) is 17.1. The highest BCUT2D eigenvalue weighted by atomic mass is 16.5. The van der Waals surface area contributed by atoms with E-state index in [0.717, 1.165) is 18.5 Å². The fourth-order valence-corrected chi connectivity index (χ4v) is 4.34. The Hall–Kier alpha value is -3.35. The largest absolute Gasteiger partial charge is 0.497 e. The number of benzene rings is 2. The summed E-state index contributed by atoms with van der Waals surface area (Å²) in [7, 11) is 3.18. The number of ether oxygens (including phenoxy) is 2. The number of amides is 1. The van der Waals surface area contributed by atoms with Crippen LogP contribution in [0, 0.1) is 0 Å². The van der Waals surface area contributed by atoms with Crippen molar-refractivity contribution in [2.45, 2.75) is 31.6 Å². The SMILES string of the molecule is COc1ccc(-c2nc(C3CC(=O)N(c4ccc5c(c4)CCC5)C3)no2)c(OC)c1. The van der Waals surface area contributed by atoms with Crippen molar-refractivity contribution in [2.75, 3.05) is 25.7 Å². The van der Waals surface area contributed by atoms with Gasteiger partial charge in [0.2, 0.25) is 5.91 Å². The summed E-state index contributed by atoms with van der Waals surface area (Å²) in [4.78, 5) is 19.1. The molecule has 1 aliphatic heterocycles. The lowest BCUT2D eigenvalue weighted by atomic mass is 10.1. The van der Waals surface area contributed by atoms with Crippen LogP contribution in [-0.4, -0.2) is 36.8 Å². The highest BCUT2D eigenvalue weighted by molar-refractivity contribution is 5.96. The molecule has 2 heterocycles. The number of aromatic nitrogens is 2. The van der Waals surface area contributed by atoms with E-state index in [2.05, 4.69) is 22.3 Å². The molecule has 154 valence electrons. The van der Waals surface area contributed by atoms with Crippen LogP contribution in [0.4, 0.5) is 5.69 Å². The van der Waals surface area contributed by atoms with Crippen molar-refractivity contribution in [3.63, 3.8) is 0 Å². The van der Waals surface area contributed by atoms with E-state index in [0.29, 0.717) is 41.7 Å². The molecule has 0 N–H and O–H groups in total. The van der Waals surface area contributed by atoms with Crippen LogP contribution < -0.4 is 14.4 Å². The van der Waals surface area contributed by atoms with Gasteiger partial charge in [0.05, 0.1) is 19.8 Å². The van der Waals surface area contributed by atoms with Gasteiger partial charge in [0.1, 0.15) is 11.5 Å². The van der Waals surface area contributed by atoms with E-state index >= 15 is 0 Å². The normalized spacial score (nSPS) is 18.0. The van der Waals surface area contributed by atoms with Crippen LogP contribution in [0.2, 0.25) is 0 Å². The van der Waals surface area contributed by atoms with Crippen molar-refractivity contribution in [1.29, 1.82) is 0 Å². The zero-order chi connectivity index (χ0) is 20.7. The monoisotopic (exact) mass is 405 g/mol. The third-order valence-electron chi connectivity index (χ3n) is 5.96. The van der Waals surface area contributed by atoms with E-state index in [9.17, 15) is 4.79 Å². The Morgan fingerprint density at radius 1 is 1.07 bits per heavy atom. The van der Waals surface area contributed by atoms with Crippen LogP contribution >= 0.6 is 0 Å². The van der Waals surface area contributed by atoms with Gasteiger partial charge in [-0.15, -0.1) is 0 Å². The maximum Gasteiger partial charge on any atom is 0.261 e. The van der Waals surface area contributed by atoms with E-state index in [-0.39, 0.29) is 11.8 Å². The molecule has 0 radical (unpaired) electrons. The second-order valence-electron chi connectivity index (χ2n) is 7.74. The minimum atomic E-state index is -0.104. The highest BCUT2D eigenvalue weighted by Gasteiger charge is 2.35. The number of fused-ring (bicyclic) bond motifs is 1. The third kappa shape index (κ3) is 3.20. The van der Waals surface area contributed by atoms with Gasteiger partial charge >= 0.3 is 0 Å². The van der Waals surface area contributed by atoms with Crippen molar-refractivity contribution in [1.82, 2.24) is 10.1 Å². The van der Waals surface area contributed by atoms with E-state index < -0.39 is 0 Å². The number of anilines is 1. The maximum atomic E-state index is 12.7. The number of hydrogen-bond donors (Lipinski definition) is 0. The number of carbonyl (C=O) groups excluding carboxylic acids is 1. The molecule has 1 unspecified atom stereocenters. The predicted octanol–water partition coefficient (Wildman–Crippen LogP) is 3.76. The number of carbonyl (C=O) groups is 1. The van der Waals surface area contributed by atoms with Crippen LogP contribution in [0.3, 0.4) is 0 Å². The van der Waals surface area contributed by atoms with Gasteiger partial charge in [0.15, 0.2) is 5.82 Å². The van der Waals surface area contributed by atoms with Gasteiger partial charge in [0, 0.05) is 30.6 Å². The molecule has 1 saturated heterocycles. The predicted molar refractivity (Wildman–Crippen MR) is 111 cm³/mol. The molecule has 7 heteroatoms. The topological polar surface area (TPSA) is 77.7 Å². The summed E-state index contributed by atoms with van der Waals surface area (Å²) in [6.45, 7) is 0.552. The molecule has 1 amide bonds. The lowest BCUT2D eigenvalue weighted by molar-refractivity contribution is -0.117. The first kappa shape index (κ1) is 18.7. The van der Waals surface area contributed by atoms with Crippen molar-refractivity contribution < 1.29 is 18.8 Å². The van der Waals surface area contributed by atoms with Crippen molar-refractivity contribution in [3.8, 4) is 23.0 Å². The maximum absolute atomic E-state index is 12.7. The molecular weight excluding hydrogens is 382 g/mol. The summed E-state index contributed by atoms with van der Waals surface area (Å²) in [5.41, 5.74) is 4.41. The van der Waals surface area contributed by atoms with Crippen LogP contribution in [0.25, 0.3) is 11.5 Å². The molecule has 2 aromatic carbocycles. The Bertz CT molecular complexity index is 1110. The van der Waals surface area contributed by atoms with Gasteiger partial charge in [-0.05, 0) is 54.7 Å². The first-order chi connectivity index (χ1) is 14.7. The van der Waals surface area contributed by atoms with E-state index in [1.165, 1.54) is 17.5 Å². The van der Waals surface area contributed by atoms with Crippen LogP contribution in [0.5, 0.6) is 11.5 Å². The Labute approximate surface area is 174 Å². The lowest BCUT2D eigenvalue weighted by Gasteiger charge is -2.17. The Morgan fingerprint density at radius 3 is 2.77 bits per heavy atom. The average molecular weight is 405 g/mol. The van der Waals surface area contributed by atoms with E-state index in [1.807, 2.05) is 23.1 Å². The van der Waals surface area contributed by atoms with Crippen molar-refractivity contribution in [3.05, 3.63) is 53.3 Å². The van der Waals surface area contributed by atoms with E-state index in [1.54, 1.807) is 20.3 Å². The molecular formula is C23H23N3O4. The number of rotatable bonds is 5. The minimum Gasteiger partial charge on any atom is -0.497 e. The molecule has 1 fully saturated rings. The van der Waals surface area contributed by atoms with Gasteiger partial charge in [-0.1, -0.05) is 11.2 Å². The molecule has 1 aromatic heterocycles. The molecule has 1 atom stereocenters. The quantitative estimate of drug-likeness (QED) is 0.643. The van der Waals surface area contributed by atoms with E-state index in [4.69, 9.17) is 14.0 Å². The van der Waals surface area contributed by atoms with Crippen LogP contribution in [0.1, 0.15) is 35.7 Å². The number of hydrogen-bond acceptors (Lipinski definition) is 6. The smallest absolute Gasteiger partial charge is 0.261 e. The summed E-state index contributed by atoms with van der Waals surface area (Å²) in [6, 6.07) is 11.8. The Morgan fingerprint density at radius 2 is 1.93 bits per heavy atom. The first-order valence-electron chi connectivity index (χ1n) is 10.1. The molecule has 0 spiro atoms. The summed E-state index contributed by atoms with van der Waals surface area (Å²) < 4.78 is 16.2. The number of methoxy groups -OCH3 is 2. The standard InChI is InChI=1S/C23H23N3O4/c1-28-18-8-9-19(20(12-18)29-2)23-24-22(25-30-23)16-11-21(27)26(13-16)17-7-6-14-4-3-5-15(14)10-17/h6-10,12,16H,3-5,11,13H2,1-2H3. The molecule has 2 aliphatic rings. The fourth-order valence-electron chi connectivity index (χ4n) is 4.34. The van der Waals surface area contributed by atoms with Gasteiger partial charge in [-0.3, -0.25) is 4.79 Å². The molecule has 3 aromatic rings. The molecule has 1 aliphatic carbocycles. The summed E-state index contributed by atoms with van der Waals surface area (Å²) in [5.74, 6) is 2.17. The minimum absolute atomic E-state index is 0.0892. The van der Waals surface area contributed by atoms with Gasteiger partial charge < -0.3 is 18.9 Å². The molecule has 30 heavy (non-hydrogen) atoms. The lowest BCUT2D eigenvalue weighted by Crippen LogP contribution is -2.24. The average Bonchev–Trinajstić information content (AvgIpc) is 3.51. The van der Waals surface area contributed by atoms with Gasteiger partial charge in [-0.25, -0.2) is 0 Å². The fraction of sp³-hybridized carbons (Fsp3) is 0.348. The second-order valence-corrected chi connectivity index (χ2v) is 7.74. The number of nitrogens with zero attached hydrogens (tertiary/aromatic N) is 3. The molecule has 0 saturated carbocycles. The van der Waals surface area contributed by atoms with Gasteiger partial charge in [0.25, 0.3) is 5.89 Å². The summed E-state index contributed by atoms with van der Waals surface area (Å²) in [5, 5.41) is 4.16. The third-order valence-corrected chi connectivity index (χ3v) is 5.96. The van der Waals surface area contributed by atoms with Gasteiger partial charge in [-0.2, -0.15) is 4.98 Å².